The molecule has 1 heterocycles. The van der Waals surface area contributed by atoms with Crippen molar-refractivity contribution in [2.24, 2.45) is 0 Å². The summed E-state index contributed by atoms with van der Waals surface area (Å²) in [5.41, 5.74) is 1.65. The maximum atomic E-state index is 12.1. The third-order valence-electron chi connectivity index (χ3n) is 3.64. The van der Waals surface area contributed by atoms with Gasteiger partial charge in [-0.15, -0.1) is 0 Å². The van der Waals surface area contributed by atoms with Gasteiger partial charge in [-0.1, -0.05) is 35.0 Å². The van der Waals surface area contributed by atoms with E-state index in [1.165, 1.54) is 11.9 Å². The van der Waals surface area contributed by atoms with E-state index in [0.29, 0.717) is 17.1 Å². The van der Waals surface area contributed by atoms with Crippen LogP contribution in [0.25, 0.3) is 0 Å². The van der Waals surface area contributed by atoms with E-state index < -0.39 is 0 Å². The predicted molar refractivity (Wildman–Crippen MR) is 92.3 cm³/mol. The zero-order chi connectivity index (χ0) is 18.4. The number of hydrogen-bond acceptors (Lipinski definition) is 5. The van der Waals surface area contributed by atoms with Crippen LogP contribution in [0.3, 0.4) is 0 Å². The fourth-order valence-corrected chi connectivity index (χ4v) is 2.21. The van der Waals surface area contributed by atoms with E-state index in [1.54, 1.807) is 25.1 Å². The molecule has 0 radical (unpaired) electrons. The third-order valence-corrected chi connectivity index (χ3v) is 3.64. The van der Waals surface area contributed by atoms with Gasteiger partial charge in [0.15, 0.2) is 11.6 Å². The molecule has 0 aliphatic rings. The van der Waals surface area contributed by atoms with Gasteiger partial charge < -0.3 is 14.7 Å². The number of carbonyl (C=O) groups is 3. The first kappa shape index (κ1) is 18.4. The van der Waals surface area contributed by atoms with E-state index in [9.17, 15) is 14.4 Å². The van der Waals surface area contributed by atoms with Gasteiger partial charge in [0.2, 0.25) is 11.8 Å². The van der Waals surface area contributed by atoms with Gasteiger partial charge in [0, 0.05) is 31.5 Å². The standard InChI is InChI=1S/C18H21N3O4/c1-12-4-6-14(7-5-12)15(22)8-9-18(24)21(3)11-17(23)19-16-10-13(2)25-20-16/h4-7,10H,8-9,11H2,1-3H3,(H,19,20,23). The lowest BCUT2D eigenvalue weighted by atomic mass is 10.0. The van der Waals surface area contributed by atoms with Gasteiger partial charge in [-0.05, 0) is 13.8 Å². The van der Waals surface area contributed by atoms with E-state index in [2.05, 4.69) is 10.5 Å². The van der Waals surface area contributed by atoms with Crippen LogP contribution in [0.1, 0.15) is 34.5 Å². The summed E-state index contributed by atoms with van der Waals surface area (Å²) in [5.74, 6) is 0.137. The minimum atomic E-state index is -0.381. The molecule has 132 valence electrons. The summed E-state index contributed by atoms with van der Waals surface area (Å²) in [7, 11) is 1.52. The zero-order valence-electron chi connectivity index (χ0n) is 14.5. The number of carbonyl (C=O) groups excluding carboxylic acids is 3. The van der Waals surface area contributed by atoms with Crippen molar-refractivity contribution < 1.29 is 18.9 Å². The molecule has 2 aromatic rings. The zero-order valence-corrected chi connectivity index (χ0v) is 14.5. The van der Waals surface area contributed by atoms with Crippen molar-refractivity contribution in [2.45, 2.75) is 26.7 Å². The molecule has 2 amide bonds. The Balaban J connectivity index is 1.78. The lowest BCUT2D eigenvalue weighted by Crippen LogP contribution is -2.35. The van der Waals surface area contributed by atoms with Crippen LogP contribution in [0.2, 0.25) is 0 Å². The highest BCUT2D eigenvalue weighted by atomic mass is 16.5. The van der Waals surface area contributed by atoms with E-state index >= 15 is 0 Å². The number of nitrogens with zero attached hydrogens (tertiary/aromatic N) is 2. The number of nitrogens with one attached hydrogen (secondary N) is 1. The van der Waals surface area contributed by atoms with Crippen molar-refractivity contribution in [3.8, 4) is 0 Å². The molecule has 0 atom stereocenters. The number of anilines is 1. The van der Waals surface area contributed by atoms with Crippen LogP contribution >= 0.6 is 0 Å². The normalized spacial score (nSPS) is 10.4. The summed E-state index contributed by atoms with van der Waals surface area (Å²) in [6.07, 6.45) is 0.163. The number of Topliss-reactive ketones (excluding diaryl/α,β-unsaturated/α-hetero) is 1. The number of amides is 2. The number of aryl methyl sites for hydroxylation is 2. The molecule has 1 aromatic carbocycles. The average Bonchev–Trinajstić information content (AvgIpc) is 2.97. The van der Waals surface area contributed by atoms with Gasteiger partial charge in [-0.2, -0.15) is 0 Å². The Hall–Kier alpha value is -2.96. The number of aromatic nitrogens is 1. The second kappa shape index (κ2) is 8.23. The summed E-state index contributed by atoms with van der Waals surface area (Å²) in [6, 6.07) is 8.80. The van der Waals surface area contributed by atoms with Crippen LogP contribution in [0, 0.1) is 13.8 Å². The first-order chi connectivity index (χ1) is 11.8. The fourth-order valence-electron chi connectivity index (χ4n) is 2.21. The smallest absolute Gasteiger partial charge is 0.245 e. The third kappa shape index (κ3) is 5.56. The molecule has 1 aromatic heterocycles. The quantitative estimate of drug-likeness (QED) is 0.779. The van der Waals surface area contributed by atoms with E-state index in [1.807, 2.05) is 19.1 Å². The molecule has 0 bridgehead atoms. The second-order valence-corrected chi connectivity index (χ2v) is 5.91. The van der Waals surface area contributed by atoms with Gasteiger partial charge in [0.25, 0.3) is 0 Å². The molecule has 0 saturated carbocycles. The first-order valence-electron chi connectivity index (χ1n) is 7.92. The van der Waals surface area contributed by atoms with Gasteiger partial charge in [-0.25, -0.2) is 0 Å². The van der Waals surface area contributed by atoms with Gasteiger partial charge in [0.05, 0.1) is 6.54 Å². The van der Waals surface area contributed by atoms with Crippen LogP contribution in [-0.2, 0) is 9.59 Å². The molecule has 7 heteroatoms. The Bertz CT molecular complexity index is 765. The van der Waals surface area contributed by atoms with Crippen molar-refractivity contribution >= 4 is 23.4 Å². The molecule has 0 aliphatic heterocycles. The summed E-state index contributed by atoms with van der Waals surface area (Å²) < 4.78 is 4.85. The SMILES string of the molecule is Cc1ccc(C(=O)CCC(=O)N(C)CC(=O)Nc2cc(C)on2)cc1. The van der Waals surface area contributed by atoms with Gasteiger partial charge >= 0.3 is 0 Å². The Kier molecular flexibility index (Phi) is 6.05. The molecule has 0 saturated heterocycles. The van der Waals surface area contributed by atoms with Crippen LogP contribution in [0.5, 0.6) is 0 Å². The Morgan fingerprint density at radius 2 is 1.80 bits per heavy atom. The van der Waals surface area contributed by atoms with Gasteiger partial charge in [0.1, 0.15) is 5.76 Å². The van der Waals surface area contributed by atoms with Crippen LogP contribution in [0.15, 0.2) is 34.9 Å². The summed E-state index contributed by atoms with van der Waals surface area (Å²) >= 11 is 0. The number of benzene rings is 1. The Labute approximate surface area is 146 Å². The van der Waals surface area contributed by atoms with E-state index in [4.69, 9.17) is 4.52 Å². The Morgan fingerprint density at radius 1 is 1.12 bits per heavy atom. The number of likely N-dealkylation sites (N-methyl/N-ethyl adjacent to an activating group) is 1. The average molecular weight is 343 g/mol. The van der Waals surface area contributed by atoms with Crippen LogP contribution in [0.4, 0.5) is 5.82 Å². The van der Waals surface area contributed by atoms with Gasteiger partial charge in [-0.3, -0.25) is 14.4 Å². The van der Waals surface area contributed by atoms with Crippen LogP contribution < -0.4 is 5.32 Å². The lowest BCUT2D eigenvalue weighted by Gasteiger charge is -2.16. The second-order valence-electron chi connectivity index (χ2n) is 5.91. The lowest BCUT2D eigenvalue weighted by molar-refractivity contribution is -0.133. The predicted octanol–water partition coefficient (Wildman–Crippen LogP) is 2.35. The van der Waals surface area contributed by atoms with Crippen molar-refractivity contribution in [1.82, 2.24) is 10.1 Å². The maximum Gasteiger partial charge on any atom is 0.245 e. The molecule has 0 spiro atoms. The summed E-state index contributed by atoms with van der Waals surface area (Å²) in [4.78, 5) is 37.3. The molecule has 25 heavy (non-hydrogen) atoms. The molecule has 1 N–H and O–H groups in total. The monoisotopic (exact) mass is 343 g/mol. The highest BCUT2D eigenvalue weighted by Gasteiger charge is 2.16. The highest BCUT2D eigenvalue weighted by Crippen LogP contribution is 2.09. The number of rotatable bonds is 7. The molecule has 2 rings (SSSR count). The number of ketones is 1. The minimum Gasteiger partial charge on any atom is -0.360 e. The topological polar surface area (TPSA) is 92.5 Å². The molecular formula is C18H21N3O4. The van der Waals surface area contributed by atoms with Crippen molar-refractivity contribution in [3.63, 3.8) is 0 Å². The minimum absolute atomic E-state index is 0.0551. The largest absolute Gasteiger partial charge is 0.360 e. The first-order valence-corrected chi connectivity index (χ1v) is 7.92. The number of hydrogen-bond donors (Lipinski definition) is 1. The molecular weight excluding hydrogens is 322 g/mol. The van der Waals surface area contributed by atoms with Crippen molar-refractivity contribution in [3.05, 3.63) is 47.2 Å². The molecule has 0 fully saturated rings. The molecule has 0 unspecified atom stereocenters. The van der Waals surface area contributed by atoms with Crippen molar-refractivity contribution in [1.29, 1.82) is 0 Å². The van der Waals surface area contributed by atoms with E-state index in [0.717, 1.165) is 5.56 Å². The molecule has 7 nitrogen and oxygen atoms in total. The van der Waals surface area contributed by atoms with Crippen molar-refractivity contribution in [2.75, 3.05) is 18.9 Å². The highest BCUT2D eigenvalue weighted by molar-refractivity contribution is 5.98. The Morgan fingerprint density at radius 3 is 2.40 bits per heavy atom. The molecule has 0 aliphatic carbocycles. The van der Waals surface area contributed by atoms with E-state index in [-0.39, 0.29) is 37.0 Å². The fraction of sp³-hybridized carbons (Fsp3) is 0.333. The summed E-state index contributed by atoms with van der Waals surface area (Å²) in [5, 5.41) is 6.19. The maximum absolute atomic E-state index is 12.1. The summed E-state index contributed by atoms with van der Waals surface area (Å²) in [6.45, 7) is 3.53. The van der Waals surface area contributed by atoms with Crippen LogP contribution in [-0.4, -0.2) is 41.2 Å².